The van der Waals surface area contributed by atoms with Gasteiger partial charge in [-0.15, -0.1) is 0 Å². The number of rotatable bonds is 4. The minimum atomic E-state index is 0.0790. The van der Waals surface area contributed by atoms with Crippen LogP contribution in [0.4, 0.5) is 5.69 Å². The molecule has 13 heavy (non-hydrogen) atoms. The lowest BCUT2D eigenvalue weighted by molar-refractivity contribution is 0.311. The molecule has 2 N–H and O–H groups in total. The maximum atomic E-state index is 8.62. The Balaban J connectivity index is 2.81. The zero-order chi connectivity index (χ0) is 9.68. The van der Waals surface area contributed by atoms with E-state index in [1.54, 1.807) is 25.3 Å². The van der Waals surface area contributed by atoms with Gasteiger partial charge in [-0.25, -0.2) is 0 Å². The summed E-state index contributed by atoms with van der Waals surface area (Å²) in [7, 11) is 1.59. The molecule has 0 atom stereocenters. The number of aliphatic hydroxyl groups is 1. The molecule has 0 aromatic heterocycles. The molecule has 0 saturated heterocycles. The fraction of sp³-hybridized carbons (Fsp3) is 0.333. The van der Waals surface area contributed by atoms with Crippen molar-refractivity contribution in [1.29, 1.82) is 0 Å². The third kappa shape index (κ3) is 2.79. The number of benzene rings is 1. The standard InChI is InChI=1S/C9H12ClNO2/c1-13-9-3-2-7(10)6-8(9)11-4-5-12/h2-3,6,11-12H,4-5H2,1H3. The Morgan fingerprint density at radius 3 is 2.92 bits per heavy atom. The first kappa shape index (κ1) is 10.2. The third-order valence-corrected chi connectivity index (χ3v) is 1.82. The molecule has 4 heteroatoms. The molecule has 0 aliphatic heterocycles. The van der Waals surface area contributed by atoms with Crippen molar-refractivity contribution in [1.82, 2.24) is 0 Å². The SMILES string of the molecule is COc1ccc(Cl)cc1NCCO. The van der Waals surface area contributed by atoms with Crippen LogP contribution in [0.2, 0.25) is 5.02 Å². The second-order valence-corrected chi connectivity index (χ2v) is 2.93. The van der Waals surface area contributed by atoms with Gasteiger partial charge >= 0.3 is 0 Å². The smallest absolute Gasteiger partial charge is 0.142 e. The summed E-state index contributed by atoms with van der Waals surface area (Å²) in [5, 5.41) is 12.3. The van der Waals surface area contributed by atoms with Crippen LogP contribution in [0.5, 0.6) is 5.75 Å². The highest BCUT2D eigenvalue weighted by molar-refractivity contribution is 6.30. The normalized spacial score (nSPS) is 9.77. The Kier molecular flexibility index (Phi) is 3.86. The number of nitrogens with one attached hydrogen (secondary N) is 1. The molecule has 0 aliphatic rings. The van der Waals surface area contributed by atoms with Crippen molar-refractivity contribution in [3.63, 3.8) is 0 Å². The molecule has 0 amide bonds. The summed E-state index contributed by atoms with van der Waals surface area (Å²) in [5.74, 6) is 0.720. The van der Waals surface area contributed by atoms with E-state index in [0.29, 0.717) is 11.6 Å². The minimum absolute atomic E-state index is 0.0790. The van der Waals surface area contributed by atoms with E-state index in [1.165, 1.54) is 0 Å². The minimum Gasteiger partial charge on any atom is -0.495 e. The summed E-state index contributed by atoms with van der Waals surface area (Å²) in [6.07, 6.45) is 0. The number of anilines is 1. The van der Waals surface area contributed by atoms with E-state index in [1.807, 2.05) is 0 Å². The monoisotopic (exact) mass is 201 g/mol. The van der Waals surface area contributed by atoms with E-state index >= 15 is 0 Å². The summed E-state index contributed by atoms with van der Waals surface area (Å²) < 4.78 is 5.09. The lowest BCUT2D eigenvalue weighted by atomic mass is 10.3. The number of hydrogen-bond acceptors (Lipinski definition) is 3. The van der Waals surface area contributed by atoms with E-state index in [0.717, 1.165) is 11.4 Å². The molecule has 1 aromatic rings. The molecule has 0 bridgehead atoms. The maximum absolute atomic E-state index is 8.62. The van der Waals surface area contributed by atoms with Crippen molar-refractivity contribution >= 4 is 17.3 Å². The van der Waals surface area contributed by atoms with E-state index in [2.05, 4.69) is 5.32 Å². The van der Waals surface area contributed by atoms with Gasteiger partial charge in [-0.1, -0.05) is 11.6 Å². The fourth-order valence-electron chi connectivity index (χ4n) is 1.01. The molecule has 0 heterocycles. The molecule has 0 fully saturated rings. The summed E-state index contributed by atoms with van der Waals surface area (Å²) in [5.41, 5.74) is 0.795. The quantitative estimate of drug-likeness (QED) is 0.780. The van der Waals surface area contributed by atoms with Gasteiger partial charge in [0.2, 0.25) is 0 Å². The lowest BCUT2D eigenvalue weighted by Crippen LogP contribution is -2.06. The van der Waals surface area contributed by atoms with Gasteiger partial charge in [0, 0.05) is 11.6 Å². The molecule has 0 spiro atoms. The Bertz CT molecular complexity index is 278. The number of halogens is 1. The number of ether oxygens (including phenoxy) is 1. The average Bonchev–Trinajstić information content (AvgIpc) is 2.15. The van der Waals surface area contributed by atoms with Crippen molar-refractivity contribution < 1.29 is 9.84 Å². The number of hydrogen-bond donors (Lipinski definition) is 2. The summed E-state index contributed by atoms with van der Waals surface area (Å²) in [6.45, 7) is 0.562. The van der Waals surface area contributed by atoms with Gasteiger partial charge in [0.25, 0.3) is 0 Å². The molecular formula is C9H12ClNO2. The van der Waals surface area contributed by atoms with Crippen molar-refractivity contribution in [3.8, 4) is 5.75 Å². The van der Waals surface area contributed by atoms with Crippen LogP contribution in [0.1, 0.15) is 0 Å². The van der Waals surface area contributed by atoms with Crippen molar-refractivity contribution in [2.75, 3.05) is 25.6 Å². The van der Waals surface area contributed by atoms with Gasteiger partial charge < -0.3 is 15.2 Å². The highest BCUT2D eigenvalue weighted by atomic mass is 35.5. The van der Waals surface area contributed by atoms with Crippen LogP contribution >= 0.6 is 11.6 Å². The van der Waals surface area contributed by atoms with Crippen LogP contribution in [-0.4, -0.2) is 25.4 Å². The van der Waals surface area contributed by atoms with Gasteiger partial charge in [-0.2, -0.15) is 0 Å². The van der Waals surface area contributed by atoms with E-state index in [9.17, 15) is 0 Å². The zero-order valence-corrected chi connectivity index (χ0v) is 8.14. The lowest BCUT2D eigenvalue weighted by Gasteiger charge is -2.09. The summed E-state index contributed by atoms with van der Waals surface area (Å²) in [4.78, 5) is 0. The Morgan fingerprint density at radius 2 is 2.31 bits per heavy atom. The fourth-order valence-corrected chi connectivity index (χ4v) is 1.18. The highest BCUT2D eigenvalue weighted by Gasteiger charge is 2.01. The van der Waals surface area contributed by atoms with Crippen LogP contribution in [0.25, 0.3) is 0 Å². The maximum Gasteiger partial charge on any atom is 0.142 e. The van der Waals surface area contributed by atoms with Gasteiger partial charge in [0.1, 0.15) is 5.75 Å². The molecule has 72 valence electrons. The van der Waals surface area contributed by atoms with Crippen LogP contribution in [-0.2, 0) is 0 Å². The largest absolute Gasteiger partial charge is 0.495 e. The van der Waals surface area contributed by atoms with Gasteiger partial charge in [0.05, 0.1) is 19.4 Å². The summed E-state index contributed by atoms with van der Waals surface area (Å²) in [6, 6.07) is 5.29. The predicted molar refractivity (Wildman–Crippen MR) is 53.6 cm³/mol. The third-order valence-electron chi connectivity index (χ3n) is 1.59. The number of methoxy groups -OCH3 is 1. The Labute approximate surface area is 82.3 Å². The van der Waals surface area contributed by atoms with Crippen LogP contribution < -0.4 is 10.1 Å². The molecule has 0 unspecified atom stereocenters. The molecular weight excluding hydrogens is 190 g/mol. The van der Waals surface area contributed by atoms with Crippen LogP contribution in [0, 0.1) is 0 Å². The molecule has 0 radical (unpaired) electrons. The number of aliphatic hydroxyl groups excluding tert-OH is 1. The van der Waals surface area contributed by atoms with Crippen molar-refractivity contribution in [2.45, 2.75) is 0 Å². The molecule has 0 saturated carbocycles. The van der Waals surface area contributed by atoms with Gasteiger partial charge in [0.15, 0.2) is 0 Å². The first-order valence-electron chi connectivity index (χ1n) is 3.96. The topological polar surface area (TPSA) is 41.5 Å². The van der Waals surface area contributed by atoms with Crippen LogP contribution in [0.3, 0.4) is 0 Å². The molecule has 3 nitrogen and oxygen atoms in total. The van der Waals surface area contributed by atoms with E-state index in [-0.39, 0.29) is 6.61 Å². The zero-order valence-electron chi connectivity index (χ0n) is 7.38. The molecule has 0 aliphatic carbocycles. The molecule has 1 rings (SSSR count). The predicted octanol–water partition coefficient (Wildman–Crippen LogP) is 1.75. The second kappa shape index (κ2) is 4.94. The van der Waals surface area contributed by atoms with Crippen molar-refractivity contribution in [2.24, 2.45) is 0 Å². The highest BCUT2D eigenvalue weighted by Crippen LogP contribution is 2.27. The Hall–Kier alpha value is -0.930. The average molecular weight is 202 g/mol. The van der Waals surface area contributed by atoms with E-state index in [4.69, 9.17) is 21.4 Å². The first-order chi connectivity index (χ1) is 6.27. The first-order valence-corrected chi connectivity index (χ1v) is 4.34. The van der Waals surface area contributed by atoms with Gasteiger partial charge in [-0.3, -0.25) is 0 Å². The summed E-state index contributed by atoms with van der Waals surface area (Å²) >= 11 is 5.79. The van der Waals surface area contributed by atoms with E-state index < -0.39 is 0 Å². The van der Waals surface area contributed by atoms with Crippen LogP contribution in [0.15, 0.2) is 18.2 Å². The molecule has 1 aromatic carbocycles. The Morgan fingerprint density at radius 1 is 1.54 bits per heavy atom. The van der Waals surface area contributed by atoms with Crippen molar-refractivity contribution in [3.05, 3.63) is 23.2 Å². The van der Waals surface area contributed by atoms with Gasteiger partial charge in [-0.05, 0) is 18.2 Å². The second-order valence-electron chi connectivity index (χ2n) is 2.49.